The quantitative estimate of drug-likeness (QED) is 0.494. The zero-order chi connectivity index (χ0) is 7.56. The highest BCUT2D eigenvalue weighted by Gasteiger charge is 2.29. The molecule has 1 heterocycles. The molecule has 58 valence electrons. The van der Waals surface area contributed by atoms with Crippen molar-refractivity contribution >= 4 is 5.97 Å². The summed E-state index contributed by atoms with van der Waals surface area (Å²) in [4.78, 5) is 10.8. The molecule has 0 bridgehead atoms. The smallest absolute Gasteiger partial charge is 0.335 e. The van der Waals surface area contributed by atoms with Gasteiger partial charge in [-0.25, -0.2) is 4.79 Å². The molecule has 0 spiro atoms. The average molecular weight is 145 g/mol. The summed E-state index contributed by atoms with van der Waals surface area (Å²) in [5, 5.41) is 0. The average Bonchev–Trinajstić information content (AvgIpc) is 2.34. The van der Waals surface area contributed by atoms with Crippen molar-refractivity contribution in [2.24, 2.45) is 5.73 Å². The first kappa shape index (κ1) is 7.50. The lowest BCUT2D eigenvalue weighted by Gasteiger charge is -2.04. The number of nitrogens with two attached hydrogens (primary N) is 1. The maximum Gasteiger partial charge on any atom is 0.335 e. The van der Waals surface area contributed by atoms with Gasteiger partial charge in [0.1, 0.15) is 0 Å². The molecule has 0 aromatic carbocycles. The summed E-state index contributed by atoms with van der Waals surface area (Å²) in [6.07, 6.45) is 0.146. The number of ether oxygens (including phenoxy) is 2. The minimum absolute atomic E-state index is 0.0101. The minimum Gasteiger partial charge on any atom is -0.467 e. The molecule has 0 amide bonds. The Morgan fingerprint density at radius 1 is 1.80 bits per heavy atom. The number of esters is 1. The SMILES string of the molecule is COC(=O)C1C[C@@H](N)CO1. The van der Waals surface area contributed by atoms with E-state index >= 15 is 0 Å². The zero-order valence-corrected chi connectivity index (χ0v) is 5.87. The van der Waals surface area contributed by atoms with Crippen molar-refractivity contribution in [3.63, 3.8) is 0 Å². The van der Waals surface area contributed by atoms with Gasteiger partial charge in [-0.3, -0.25) is 0 Å². The molecule has 4 nitrogen and oxygen atoms in total. The van der Waals surface area contributed by atoms with Crippen LogP contribution in [0.5, 0.6) is 0 Å². The lowest BCUT2D eigenvalue weighted by molar-refractivity contribution is -0.151. The van der Waals surface area contributed by atoms with E-state index in [9.17, 15) is 4.79 Å². The Labute approximate surface area is 59.3 Å². The monoisotopic (exact) mass is 145 g/mol. The van der Waals surface area contributed by atoms with Crippen molar-refractivity contribution in [1.29, 1.82) is 0 Å². The predicted octanol–water partition coefficient (Wildman–Crippen LogP) is -0.724. The van der Waals surface area contributed by atoms with Gasteiger partial charge in [0.05, 0.1) is 13.7 Å². The number of hydrogen-bond donors (Lipinski definition) is 1. The van der Waals surface area contributed by atoms with Crippen LogP contribution in [-0.2, 0) is 14.3 Å². The Bertz CT molecular complexity index is 137. The van der Waals surface area contributed by atoms with Gasteiger partial charge in [-0.15, -0.1) is 0 Å². The fourth-order valence-corrected chi connectivity index (χ4v) is 0.947. The van der Waals surface area contributed by atoms with E-state index in [1.807, 2.05) is 0 Å². The third kappa shape index (κ3) is 1.46. The van der Waals surface area contributed by atoms with Crippen molar-refractivity contribution in [3.8, 4) is 0 Å². The third-order valence-corrected chi connectivity index (χ3v) is 1.49. The zero-order valence-electron chi connectivity index (χ0n) is 5.87. The Kier molecular flexibility index (Phi) is 2.24. The highest BCUT2D eigenvalue weighted by Crippen LogP contribution is 2.11. The van der Waals surface area contributed by atoms with Gasteiger partial charge in [0.15, 0.2) is 6.10 Å². The van der Waals surface area contributed by atoms with Crippen LogP contribution in [0.25, 0.3) is 0 Å². The first-order valence-electron chi connectivity index (χ1n) is 3.19. The van der Waals surface area contributed by atoms with Gasteiger partial charge < -0.3 is 15.2 Å². The van der Waals surface area contributed by atoms with Crippen LogP contribution in [0.15, 0.2) is 0 Å². The standard InChI is InChI=1S/C6H11NO3/c1-9-6(8)5-2-4(7)3-10-5/h4-5H,2-3,7H2,1H3/t4-,5?/m1/s1. The number of rotatable bonds is 1. The third-order valence-electron chi connectivity index (χ3n) is 1.49. The van der Waals surface area contributed by atoms with Gasteiger partial charge in [0, 0.05) is 12.5 Å². The molecule has 0 aromatic rings. The normalized spacial score (nSPS) is 32.2. The highest BCUT2D eigenvalue weighted by molar-refractivity contribution is 5.74. The van der Waals surface area contributed by atoms with Crippen LogP contribution in [0.4, 0.5) is 0 Å². The molecule has 0 aromatic heterocycles. The van der Waals surface area contributed by atoms with E-state index in [-0.39, 0.29) is 12.0 Å². The van der Waals surface area contributed by atoms with Gasteiger partial charge in [0.2, 0.25) is 0 Å². The van der Waals surface area contributed by atoms with Crippen LogP contribution < -0.4 is 5.73 Å². The Morgan fingerprint density at radius 2 is 2.50 bits per heavy atom. The van der Waals surface area contributed by atoms with E-state index in [2.05, 4.69) is 4.74 Å². The summed E-state index contributed by atoms with van der Waals surface area (Å²) in [6.45, 7) is 0.458. The van der Waals surface area contributed by atoms with Gasteiger partial charge in [-0.05, 0) is 0 Å². The maximum atomic E-state index is 10.8. The van der Waals surface area contributed by atoms with E-state index in [1.165, 1.54) is 7.11 Å². The highest BCUT2D eigenvalue weighted by atomic mass is 16.6. The summed E-state index contributed by atoms with van der Waals surface area (Å²) < 4.78 is 9.48. The van der Waals surface area contributed by atoms with Crippen LogP contribution in [0.2, 0.25) is 0 Å². The molecule has 1 aliphatic heterocycles. The number of carbonyl (C=O) groups is 1. The predicted molar refractivity (Wildman–Crippen MR) is 34.3 cm³/mol. The summed E-state index contributed by atoms with van der Waals surface area (Å²) in [6, 6.07) is -0.0101. The van der Waals surface area contributed by atoms with E-state index in [1.54, 1.807) is 0 Å². The molecule has 4 heteroatoms. The molecule has 1 unspecified atom stereocenters. The summed E-state index contributed by atoms with van der Waals surface area (Å²) in [5.74, 6) is -0.326. The molecule has 2 atom stereocenters. The van der Waals surface area contributed by atoms with Crippen LogP contribution >= 0.6 is 0 Å². The van der Waals surface area contributed by atoms with Crippen molar-refractivity contribution < 1.29 is 14.3 Å². The molecule has 1 fully saturated rings. The van der Waals surface area contributed by atoms with Gasteiger partial charge in [-0.1, -0.05) is 0 Å². The van der Waals surface area contributed by atoms with Crippen LogP contribution in [-0.4, -0.2) is 31.8 Å². The van der Waals surface area contributed by atoms with Gasteiger partial charge >= 0.3 is 5.97 Å². The second kappa shape index (κ2) is 2.98. The Balaban J connectivity index is 2.37. The number of methoxy groups -OCH3 is 1. The van der Waals surface area contributed by atoms with Crippen molar-refractivity contribution in [2.45, 2.75) is 18.6 Å². The summed E-state index contributed by atoms with van der Waals surface area (Å²) in [5.41, 5.74) is 5.48. The molecule has 2 N–H and O–H groups in total. The van der Waals surface area contributed by atoms with Crippen molar-refractivity contribution in [1.82, 2.24) is 0 Å². The molecular formula is C6H11NO3. The molecule has 1 aliphatic rings. The molecular weight excluding hydrogens is 134 g/mol. The van der Waals surface area contributed by atoms with Gasteiger partial charge in [0.25, 0.3) is 0 Å². The Morgan fingerprint density at radius 3 is 2.90 bits per heavy atom. The molecule has 0 saturated carbocycles. The molecule has 10 heavy (non-hydrogen) atoms. The van der Waals surface area contributed by atoms with Crippen molar-refractivity contribution in [2.75, 3.05) is 13.7 Å². The fourth-order valence-electron chi connectivity index (χ4n) is 0.947. The summed E-state index contributed by atoms with van der Waals surface area (Å²) in [7, 11) is 1.34. The van der Waals surface area contributed by atoms with Crippen molar-refractivity contribution in [3.05, 3.63) is 0 Å². The lowest BCUT2D eigenvalue weighted by Crippen LogP contribution is -2.23. The minimum atomic E-state index is -0.431. The first-order chi connectivity index (χ1) is 4.74. The maximum absolute atomic E-state index is 10.8. The van der Waals surface area contributed by atoms with E-state index in [0.29, 0.717) is 13.0 Å². The number of carbonyl (C=O) groups excluding carboxylic acids is 1. The van der Waals surface area contributed by atoms with Crippen LogP contribution in [0.3, 0.4) is 0 Å². The lowest BCUT2D eigenvalue weighted by atomic mass is 10.2. The molecule has 0 radical (unpaired) electrons. The van der Waals surface area contributed by atoms with E-state index < -0.39 is 6.10 Å². The van der Waals surface area contributed by atoms with Crippen LogP contribution in [0.1, 0.15) is 6.42 Å². The van der Waals surface area contributed by atoms with E-state index in [0.717, 1.165) is 0 Å². The Hall–Kier alpha value is -0.610. The number of hydrogen-bond acceptors (Lipinski definition) is 4. The first-order valence-corrected chi connectivity index (χ1v) is 3.19. The molecule has 0 aliphatic carbocycles. The second-order valence-electron chi connectivity index (χ2n) is 2.34. The van der Waals surface area contributed by atoms with Gasteiger partial charge in [-0.2, -0.15) is 0 Å². The topological polar surface area (TPSA) is 61.5 Å². The van der Waals surface area contributed by atoms with Crippen LogP contribution in [0, 0.1) is 0 Å². The second-order valence-corrected chi connectivity index (χ2v) is 2.34. The molecule has 1 saturated heterocycles. The molecule has 1 rings (SSSR count). The summed E-state index contributed by atoms with van der Waals surface area (Å²) >= 11 is 0. The largest absolute Gasteiger partial charge is 0.467 e. The fraction of sp³-hybridized carbons (Fsp3) is 0.833. The van der Waals surface area contributed by atoms with E-state index in [4.69, 9.17) is 10.5 Å².